The number of nitrogens with zero attached hydrogens (tertiary/aromatic N) is 3. The van der Waals surface area contributed by atoms with Gasteiger partial charge in [-0.05, 0) is 30.2 Å². The Bertz CT molecular complexity index is 629. The van der Waals surface area contributed by atoms with Gasteiger partial charge >= 0.3 is 0 Å². The van der Waals surface area contributed by atoms with Crippen LogP contribution in [0, 0.1) is 0 Å². The van der Waals surface area contributed by atoms with Crippen molar-refractivity contribution in [1.29, 1.82) is 0 Å². The van der Waals surface area contributed by atoms with Crippen molar-refractivity contribution in [3.63, 3.8) is 0 Å². The van der Waals surface area contributed by atoms with E-state index in [4.69, 9.17) is 27.3 Å². The number of aryl methyl sites for hydroxylation is 1. The van der Waals surface area contributed by atoms with Crippen LogP contribution in [0.3, 0.4) is 0 Å². The highest BCUT2D eigenvalue weighted by Crippen LogP contribution is 2.25. The van der Waals surface area contributed by atoms with Gasteiger partial charge in [-0.1, -0.05) is 23.7 Å². The Morgan fingerprint density at radius 1 is 1.40 bits per heavy atom. The second-order valence-corrected chi connectivity index (χ2v) is 4.34. The third-order valence-electron chi connectivity index (χ3n) is 2.62. The molecule has 0 aliphatic carbocycles. The molecule has 0 atom stereocenters. The van der Waals surface area contributed by atoms with Gasteiger partial charge in [0.05, 0.1) is 12.4 Å². The first-order valence-corrected chi connectivity index (χ1v) is 6.28. The zero-order valence-electron chi connectivity index (χ0n) is 10.7. The number of nitrogens with two attached hydrogens (primary N) is 1. The van der Waals surface area contributed by atoms with E-state index in [9.17, 15) is 0 Å². The second-order valence-electron chi connectivity index (χ2n) is 3.93. The number of oxime groups is 1. The van der Waals surface area contributed by atoms with Crippen LogP contribution in [-0.4, -0.2) is 21.0 Å². The molecule has 2 aromatic rings. The van der Waals surface area contributed by atoms with Crippen LogP contribution in [0.5, 0.6) is 11.6 Å². The van der Waals surface area contributed by atoms with Crippen molar-refractivity contribution in [2.75, 3.05) is 0 Å². The van der Waals surface area contributed by atoms with E-state index in [1.165, 1.54) is 12.4 Å². The average molecular weight is 293 g/mol. The Labute approximate surface area is 120 Å². The normalized spacial score (nSPS) is 11.4. The Morgan fingerprint density at radius 3 is 2.80 bits per heavy atom. The highest BCUT2D eigenvalue weighted by molar-refractivity contribution is 6.31. The van der Waals surface area contributed by atoms with Crippen LogP contribution in [0.15, 0.2) is 35.7 Å². The Balaban J connectivity index is 2.18. The largest absolute Gasteiger partial charge is 0.437 e. The molecule has 0 fully saturated rings. The number of hydrogen-bond acceptors (Lipinski definition) is 5. The summed E-state index contributed by atoms with van der Waals surface area (Å²) in [5, 5.41) is 12.1. The van der Waals surface area contributed by atoms with Crippen molar-refractivity contribution in [1.82, 2.24) is 9.97 Å². The van der Waals surface area contributed by atoms with E-state index < -0.39 is 0 Å². The minimum absolute atomic E-state index is 0.108. The van der Waals surface area contributed by atoms with Gasteiger partial charge in [0, 0.05) is 5.02 Å². The first kappa shape index (κ1) is 14.1. The molecule has 0 saturated heterocycles. The van der Waals surface area contributed by atoms with Crippen LogP contribution < -0.4 is 10.5 Å². The molecule has 2 rings (SSSR count). The van der Waals surface area contributed by atoms with E-state index in [0.717, 1.165) is 12.0 Å². The Morgan fingerprint density at radius 2 is 2.20 bits per heavy atom. The van der Waals surface area contributed by atoms with Crippen LogP contribution in [-0.2, 0) is 6.42 Å². The van der Waals surface area contributed by atoms with Gasteiger partial charge in [-0.25, -0.2) is 9.97 Å². The van der Waals surface area contributed by atoms with Gasteiger partial charge in [0.15, 0.2) is 5.84 Å². The van der Waals surface area contributed by atoms with Crippen molar-refractivity contribution < 1.29 is 9.94 Å². The van der Waals surface area contributed by atoms with E-state index in [1.54, 1.807) is 12.1 Å². The number of amidine groups is 1. The van der Waals surface area contributed by atoms with E-state index in [0.29, 0.717) is 16.7 Å². The first-order chi connectivity index (χ1) is 9.63. The fourth-order valence-electron chi connectivity index (χ4n) is 1.56. The third kappa shape index (κ3) is 3.16. The molecule has 0 bridgehead atoms. The maximum absolute atomic E-state index is 8.53. The molecule has 0 aliphatic rings. The summed E-state index contributed by atoms with van der Waals surface area (Å²) in [5.74, 6) is 0.824. The summed E-state index contributed by atoms with van der Waals surface area (Å²) in [6, 6.07) is 5.37. The SMILES string of the molecule is CCc1cc(Oc2cnc(/C(N)=N/O)cn2)ccc1Cl. The summed E-state index contributed by atoms with van der Waals surface area (Å²) in [5.41, 5.74) is 6.65. The molecule has 1 aromatic carbocycles. The molecule has 0 spiro atoms. The molecule has 7 heteroatoms. The number of rotatable bonds is 4. The standard InChI is InChI=1S/C13H13ClN4O2/c1-2-8-5-9(3-4-10(8)14)20-12-7-16-11(6-17-12)13(15)18-19/h3-7,19H,2H2,1H3,(H2,15,18). The number of halogens is 1. The van der Waals surface area contributed by atoms with Crippen LogP contribution in [0.1, 0.15) is 18.2 Å². The van der Waals surface area contributed by atoms with Gasteiger partial charge in [-0.2, -0.15) is 0 Å². The number of aromatic nitrogens is 2. The van der Waals surface area contributed by atoms with E-state index in [2.05, 4.69) is 15.1 Å². The van der Waals surface area contributed by atoms with Gasteiger partial charge in [0.1, 0.15) is 11.4 Å². The molecule has 104 valence electrons. The minimum Gasteiger partial charge on any atom is -0.437 e. The van der Waals surface area contributed by atoms with Gasteiger partial charge in [-0.3, -0.25) is 0 Å². The lowest BCUT2D eigenvalue weighted by molar-refractivity contribution is 0.318. The predicted octanol–water partition coefficient (Wildman–Crippen LogP) is 2.58. The summed E-state index contributed by atoms with van der Waals surface area (Å²) in [7, 11) is 0. The average Bonchev–Trinajstić information content (AvgIpc) is 2.49. The molecule has 1 heterocycles. The lowest BCUT2D eigenvalue weighted by Gasteiger charge is -2.07. The number of benzene rings is 1. The van der Waals surface area contributed by atoms with Crippen LogP contribution >= 0.6 is 11.6 Å². The lowest BCUT2D eigenvalue weighted by Crippen LogP contribution is -2.15. The van der Waals surface area contributed by atoms with Gasteiger partial charge < -0.3 is 15.7 Å². The molecule has 0 radical (unpaired) electrons. The molecule has 1 aromatic heterocycles. The first-order valence-electron chi connectivity index (χ1n) is 5.90. The molecule has 0 amide bonds. The van der Waals surface area contributed by atoms with Crippen molar-refractivity contribution >= 4 is 17.4 Å². The maximum Gasteiger partial charge on any atom is 0.237 e. The smallest absolute Gasteiger partial charge is 0.237 e. The van der Waals surface area contributed by atoms with Crippen LogP contribution in [0.25, 0.3) is 0 Å². The molecular weight excluding hydrogens is 280 g/mol. The summed E-state index contributed by atoms with van der Waals surface area (Å²) in [6.07, 6.45) is 3.57. The summed E-state index contributed by atoms with van der Waals surface area (Å²) < 4.78 is 5.57. The van der Waals surface area contributed by atoms with Gasteiger partial charge in [0.25, 0.3) is 0 Å². The number of ether oxygens (including phenoxy) is 1. The van der Waals surface area contributed by atoms with Crippen molar-refractivity contribution in [3.05, 3.63) is 46.9 Å². The Kier molecular flexibility index (Phi) is 4.37. The molecular formula is C13H13ClN4O2. The second kappa shape index (κ2) is 6.21. The summed E-state index contributed by atoms with van der Waals surface area (Å²) in [6.45, 7) is 2.01. The maximum atomic E-state index is 8.53. The summed E-state index contributed by atoms with van der Waals surface area (Å²) >= 11 is 6.04. The lowest BCUT2D eigenvalue weighted by atomic mass is 10.1. The Hall–Kier alpha value is -2.34. The fourth-order valence-corrected chi connectivity index (χ4v) is 1.81. The predicted molar refractivity (Wildman–Crippen MR) is 75.4 cm³/mol. The van der Waals surface area contributed by atoms with E-state index in [1.807, 2.05) is 13.0 Å². The van der Waals surface area contributed by atoms with Gasteiger partial charge in [0.2, 0.25) is 5.88 Å². The summed E-state index contributed by atoms with van der Waals surface area (Å²) in [4.78, 5) is 8.01. The molecule has 0 aliphatic heterocycles. The minimum atomic E-state index is -0.108. The van der Waals surface area contributed by atoms with Gasteiger partial charge in [-0.15, -0.1) is 0 Å². The zero-order valence-corrected chi connectivity index (χ0v) is 11.5. The molecule has 0 unspecified atom stereocenters. The molecule has 0 saturated carbocycles. The third-order valence-corrected chi connectivity index (χ3v) is 2.99. The van der Waals surface area contributed by atoms with Crippen LogP contribution in [0.4, 0.5) is 0 Å². The van der Waals surface area contributed by atoms with E-state index >= 15 is 0 Å². The topological polar surface area (TPSA) is 93.6 Å². The highest BCUT2D eigenvalue weighted by Gasteiger charge is 2.05. The highest BCUT2D eigenvalue weighted by atomic mass is 35.5. The fraction of sp³-hybridized carbons (Fsp3) is 0.154. The molecule has 20 heavy (non-hydrogen) atoms. The monoisotopic (exact) mass is 292 g/mol. The van der Waals surface area contributed by atoms with Crippen molar-refractivity contribution in [2.24, 2.45) is 10.9 Å². The quantitative estimate of drug-likeness (QED) is 0.391. The molecule has 6 nitrogen and oxygen atoms in total. The zero-order chi connectivity index (χ0) is 14.5. The van der Waals surface area contributed by atoms with Crippen LogP contribution in [0.2, 0.25) is 5.02 Å². The molecule has 3 N–H and O–H groups in total. The van der Waals surface area contributed by atoms with Crippen molar-refractivity contribution in [2.45, 2.75) is 13.3 Å². The van der Waals surface area contributed by atoms with E-state index in [-0.39, 0.29) is 11.5 Å². The number of hydrogen-bond donors (Lipinski definition) is 2. The van der Waals surface area contributed by atoms with Crippen molar-refractivity contribution in [3.8, 4) is 11.6 Å².